The van der Waals surface area contributed by atoms with Crippen molar-refractivity contribution in [3.63, 3.8) is 0 Å². The summed E-state index contributed by atoms with van der Waals surface area (Å²) >= 11 is 9.83. The predicted molar refractivity (Wildman–Crippen MR) is 117 cm³/mol. The molecule has 2 fully saturated rings. The van der Waals surface area contributed by atoms with Gasteiger partial charge >= 0.3 is 0 Å². The number of carbonyl (C=O) groups is 2. The van der Waals surface area contributed by atoms with Crippen molar-refractivity contribution in [3.05, 3.63) is 63.1 Å². The van der Waals surface area contributed by atoms with Crippen LogP contribution in [0.1, 0.15) is 49.7 Å². The van der Waals surface area contributed by atoms with Crippen molar-refractivity contribution < 1.29 is 9.59 Å². The van der Waals surface area contributed by atoms with Gasteiger partial charge in [0.05, 0.1) is 6.04 Å². The quantitative estimate of drug-likeness (QED) is 0.647. The number of amides is 2. The van der Waals surface area contributed by atoms with Crippen molar-refractivity contribution in [1.82, 2.24) is 5.32 Å². The van der Waals surface area contributed by atoms with Crippen molar-refractivity contribution >= 4 is 45.0 Å². The zero-order chi connectivity index (χ0) is 20.4. The molecule has 0 bridgehead atoms. The standard InChI is InChI=1S/C23H22BrClN2O2/c1-2-22(8-9-22)20-23(16-7-6-14(24)11-18(16)26-21(23)29)17(12-19(28)27-20)13-4-3-5-15(25)10-13/h3-7,10-11,17,20H,2,8-9,12H2,1H3,(H,26,29)(H,27,28)/t17-,20+,23-/m0/s1. The Balaban J connectivity index is 1.78. The summed E-state index contributed by atoms with van der Waals surface area (Å²) in [5.41, 5.74) is 1.85. The first-order valence-corrected chi connectivity index (χ1v) is 11.2. The van der Waals surface area contributed by atoms with E-state index in [1.165, 1.54) is 0 Å². The number of anilines is 1. The van der Waals surface area contributed by atoms with Gasteiger partial charge in [-0.25, -0.2) is 0 Å². The Kier molecular flexibility index (Phi) is 4.34. The van der Waals surface area contributed by atoms with Crippen molar-refractivity contribution in [3.8, 4) is 0 Å². The predicted octanol–water partition coefficient (Wildman–Crippen LogP) is 5.15. The Morgan fingerprint density at radius 2 is 1.97 bits per heavy atom. The zero-order valence-electron chi connectivity index (χ0n) is 16.1. The van der Waals surface area contributed by atoms with E-state index in [4.69, 9.17) is 11.6 Å². The van der Waals surface area contributed by atoms with Crippen molar-refractivity contribution in [1.29, 1.82) is 0 Å². The van der Waals surface area contributed by atoms with E-state index in [-0.39, 0.29) is 35.6 Å². The van der Waals surface area contributed by atoms with Crippen LogP contribution < -0.4 is 10.6 Å². The van der Waals surface area contributed by atoms with Gasteiger partial charge in [-0.2, -0.15) is 0 Å². The van der Waals surface area contributed by atoms with Crippen LogP contribution in [0.25, 0.3) is 0 Å². The maximum Gasteiger partial charge on any atom is 0.237 e. The van der Waals surface area contributed by atoms with Crippen LogP contribution in [0.3, 0.4) is 0 Å². The molecule has 2 aromatic carbocycles. The van der Waals surface area contributed by atoms with Gasteiger partial charge in [-0.05, 0) is 60.1 Å². The van der Waals surface area contributed by atoms with Crippen molar-refractivity contribution in [2.24, 2.45) is 5.41 Å². The van der Waals surface area contributed by atoms with Crippen LogP contribution in [0.4, 0.5) is 5.69 Å². The Morgan fingerprint density at radius 3 is 2.66 bits per heavy atom. The summed E-state index contributed by atoms with van der Waals surface area (Å²) < 4.78 is 0.918. The van der Waals surface area contributed by atoms with Crippen LogP contribution in [0.5, 0.6) is 0 Å². The molecule has 2 aliphatic heterocycles. The van der Waals surface area contributed by atoms with E-state index in [2.05, 4.69) is 33.5 Å². The van der Waals surface area contributed by atoms with Crippen LogP contribution in [0, 0.1) is 5.41 Å². The van der Waals surface area contributed by atoms with Crippen LogP contribution in [-0.4, -0.2) is 17.9 Å². The van der Waals surface area contributed by atoms with Gasteiger partial charge in [0.15, 0.2) is 0 Å². The molecule has 0 radical (unpaired) electrons. The maximum absolute atomic E-state index is 13.8. The average molecular weight is 474 g/mol. The number of piperidine rings is 1. The normalized spacial score (nSPS) is 29.3. The minimum Gasteiger partial charge on any atom is -0.351 e. The highest BCUT2D eigenvalue weighted by Gasteiger charge is 2.67. The van der Waals surface area contributed by atoms with E-state index in [0.717, 1.165) is 40.5 Å². The molecule has 1 aliphatic carbocycles. The highest BCUT2D eigenvalue weighted by Crippen LogP contribution is 2.63. The van der Waals surface area contributed by atoms with Gasteiger partial charge in [0.25, 0.3) is 0 Å². The molecule has 2 heterocycles. The van der Waals surface area contributed by atoms with E-state index in [0.29, 0.717) is 5.02 Å². The number of halogens is 2. The summed E-state index contributed by atoms with van der Waals surface area (Å²) in [5, 5.41) is 7.00. The molecule has 1 saturated heterocycles. The largest absolute Gasteiger partial charge is 0.351 e. The molecule has 2 amide bonds. The van der Waals surface area contributed by atoms with Crippen molar-refractivity contribution in [2.45, 2.75) is 50.0 Å². The fourth-order valence-electron chi connectivity index (χ4n) is 5.59. The lowest BCUT2D eigenvalue weighted by Crippen LogP contribution is -2.65. The minimum atomic E-state index is -0.846. The van der Waals surface area contributed by atoms with Gasteiger partial charge in [-0.3, -0.25) is 9.59 Å². The summed E-state index contributed by atoms with van der Waals surface area (Å²) in [6.45, 7) is 2.16. The SMILES string of the molecule is CCC1([C@H]2NC(=O)C[C@@H](c3cccc(Cl)c3)[C@]23C(=O)Nc2cc(Br)ccc23)CC1. The molecule has 1 saturated carbocycles. The van der Waals surface area contributed by atoms with Crippen LogP contribution >= 0.6 is 27.5 Å². The van der Waals surface area contributed by atoms with E-state index in [1.807, 2.05) is 42.5 Å². The van der Waals surface area contributed by atoms with Crippen LogP contribution in [0.2, 0.25) is 5.02 Å². The highest BCUT2D eigenvalue weighted by atomic mass is 79.9. The van der Waals surface area contributed by atoms with E-state index in [9.17, 15) is 9.59 Å². The molecule has 4 nitrogen and oxygen atoms in total. The second-order valence-electron chi connectivity index (χ2n) is 8.54. The number of fused-ring (bicyclic) bond motifs is 2. The molecule has 6 heteroatoms. The zero-order valence-corrected chi connectivity index (χ0v) is 18.4. The van der Waals surface area contributed by atoms with E-state index < -0.39 is 5.41 Å². The monoisotopic (exact) mass is 472 g/mol. The molecule has 0 aromatic heterocycles. The van der Waals surface area contributed by atoms with Crippen molar-refractivity contribution in [2.75, 3.05) is 5.32 Å². The highest BCUT2D eigenvalue weighted by molar-refractivity contribution is 9.10. The molecule has 150 valence electrons. The number of benzene rings is 2. The third-order valence-electron chi connectivity index (χ3n) is 7.21. The number of hydrogen-bond acceptors (Lipinski definition) is 2. The lowest BCUT2D eigenvalue weighted by atomic mass is 9.57. The second kappa shape index (κ2) is 6.58. The maximum atomic E-state index is 13.8. The number of rotatable bonds is 3. The van der Waals surface area contributed by atoms with Gasteiger partial charge < -0.3 is 10.6 Å². The summed E-state index contributed by atoms with van der Waals surface area (Å²) in [4.78, 5) is 26.6. The lowest BCUT2D eigenvalue weighted by molar-refractivity contribution is -0.133. The fraction of sp³-hybridized carbons (Fsp3) is 0.391. The summed E-state index contributed by atoms with van der Waals surface area (Å²) in [6.07, 6.45) is 3.25. The Morgan fingerprint density at radius 1 is 1.17 bits per heavy atom. The average Bonchev–Trinajstić information content (AvgIpc) is 3.44. The van der Waals surface area contributed by atoms with Gasteiger partial charge in [0.1, 0.15) is 5.41 Å². The molecule has 3 atom stereocenters. The first kappa shape index (κ1) is 19.1. The van der Waals surface area contributed by atoms with Gasteiger partial charge in [0.2, 0.25) is 11.8 Å². The molecule has 5 rings (SSSR count). The molecule has 1 spiro atoms. The summed E-state index contributed by atoms with van der Waals surface area (Å²) in [5.74, 6) is -0.296. The lowest BCUT2D eigenvalue weighted by Gasteiger charge is -2.49. The second-order valence-corrected chi connectivity index (χ2v) is 9.89. The molecule has 2 aromatic rings. The van der Waals surface area contributed by atoms with Crippen LogP contribution in [0.15, 0.2) is 46.9 Å². The molecular formula is C23H22BrClN2O2. The Hall–Kier alpha value is -1.85. The first-order chi connectivity index (χ1) is 13.9. The summed E-state index contributed by atoms with van der Waals surface area (Å²) in [7, 11) is 0. The molecular weight excluding hydrogens is 452 g/mol. The van der Waals surface area contributed by atoms with E-state index in [1.54, 1.807) is 0 Å². The molecule has 3 aliphatic rings. The Bertz CT molecular complexity index is 1040. The number of nitrogens with one attached hydrogen (secondary N) is 2. The van der Waals surface area contributed by atoms with Gasteiger partial charge in [-0.1, -0.05) is 52.7 Å². The smallest absolute Gasteiger partial charge is 0.237 e. The third-order valence-corrected chi connectivity index (χ3v) is 7.94. The third kappa shape index (κ3) is 2.70. The van der Waals surface area contributed by atoms with Gasteiger partial charge in [-0.15, -0.1) is 0 Å². The summed E-state index contributed by atoms with van der Waals surface area (Å²) in [6, 6.07) is 13.3. The molecule has 29 heavy (non-hydrogen) atoms. The van der Waals surface area contributed by atoms with Gasteiger partial charge in [0, 0.05) is 27.5 Å². The first-order valence-electron chi connectivity index (χ1n) is 10.1. The topological polar surface area (TPSA) is 58.2 Å². The molecule has 2 N–H and O–H groups in total. The Labute approximate surface area is 183 Å². The number of carbonyl (C=O) groups excluding carboxylic acids is 2. The fourth-order valence-corrected chi connectivity index (χ4v) is 6.15. The minimum absolute atomic E-state index is 0.00341. The molecule has 0 unspecified atom stereocenters. The number of hydrogen-bond donors (Lipinski definition) is 2. The van der Waals surface area contributed by atoms with Crippen LogP contribution in [-0.2, 0) is 15.0 Å². The van der Waals surface area contributed by atoms with E-state index >= 15 is 0 Å².